The maximum atomic E-state index is 12.2. The van der Waals surface area contributed by atoms with E-state index in [0.717, 1.165) is 42.4 Å². The number of nitrogens with zero attached hydrogens (tertiary/aromatic N) is 2. The van der Waals surface area contributed by atoms with Crippen molar-refractivity contribution in [3.8, 4) is 0 Å². The Labute approximate surface area is 200 Å². The Morgan fingerprint density at radius 1 is 1.06 bits per heavy atom. The van der Waals surface area contributed by atoms with Gasteiger partial charge in [0.25, 0.3) is 0 Å². The normalized spacial score (nSPS) is 19.0. The molecule has 180 valence electrons. The highest BCUT2D eigenvalue weighted by Gasteiger charge is 2.35. The highest BCUT2D eigenvalue weighted by molar-refractivity contribution is 5.82. The lowest BCUT2D eigenvalue weighted by atomic mass is 9.82. The quantitative estimate of drug-likeness (QED) is 0.372. The number of hydrogen-bond acceptors (Lipinski definition) is 6. The molecule has 1 aromatic heterocycles. The molecule has 2 saturated carbocycles. The van der Waals surface area contributed by atoms with Gasteiger partial charge in [-0.15, -0.1) is 0 Å². The number of fused-ring (bicyclic) bond motifs is 1. The van der Waals surface area contributed by atoms with Crippen LogP contribution in [-0.2, 0) is 10.4 Å². The number of Topliss-reactive ketones (excluding diaryl/α,β-unsaturated/α-hetero) is 1. The molecule has 5 rings (SSSR count). The number of rotatable bonds is 7. The molecule has 7 nitrogen and oxygen atoms in total. The van der Waals surface area contributed by atoms with Crippen molar-refractivity contribution in [1.29, 1.82) is 0 Å². The lowest BCUT2D eigenvalue weighted by Gasteiger charge is -2.29. The van der Waals surface area contributed by atoms with Gasteiger partial charge in [0, 0.05) is 18.5 Å². The average molecular weight is 462 g/mol. The third-order valence-corrected chi connectivity index (χ3v) is 7.63. The van der Waals surface area contributed by atoms with Crippen LogP contribution in [0, 0.1) is 0 Å². The van der Waals surface area contributed by atoms with E-state index in [0.29, 0.717) is 34.8 Å². The second kappa shape index (κ2) is 8.95. The molecule has 7 heteroatoms. The SMILES string of the molecule is CC(=O)CC(O)(c1ccc(NC2CCCC2)c(N)c1)c1ccc2c(c1)nc(N)n2C1CCCC1. The van der Waals surface area contributed by atoms with Crippen LogP contribution in [-0.4, -0.2) is 26.5 Å². The zero-order valence-electron chi connectivity index (χ0n) is 19.9. The molecule has 6 N–H and O–H groups in total. The molecule has 2 fully saturated rings. The van der Waals surface area contributed by atoms with Crippen molar-refractivity contribution < 1.29 is 9.90 Å². The van der Waals surface area contributed by atoms with Crippen LogP contribution < -0.4 is 16.8 Å². The number of aliphatic hydroxyl groups is 1. The van der Waals surface area contributed by atoms with Crippen LogP contribution in [0.15, 0.2) is 36.4 Å². The van der Waals surface area contributed by atoms with E-state index in [4.69, 9.17) is 11.5 Å². The van der Waals surface area contributed by atoms with Gasteiger partial charge in [-0.1, -0.05) is 37.8 Å². The van der Waals surface area contributed by atoms with E-state index < -0.39 is 5.60 Å². The molecule has 0 spiro atoms. The van der Waals surface area contributed by atoms with Gasteiger partial charge < -0.3 is 26.5 Å². The number of nitrogens with one attached hydrogen (secondary N) is 1. The van der Waals surface area contributed by atoms with Crippen LogP contribution in [0.5, 0.6) is 0 Å². The number of ketones is 1. The Hall–Kier alpha value is -3.06. The Morgan fingerprint density at radius 3 is 2.38 bits per heavy atom. The standard InChI is InChI=1S/C27H35N5O2/c1-17(33)16-27(34,18-10-12-23(22(28)14-18)30-20-6-2-3-7-20)19-11-13-25-24(15-19)31-26(29)32(25)21-8-4-5-9-21/h10-15,20-21,30,34H,2-9,16,28H2,1H3,(H2,29,31). The van der Waals surface area contributed by atoms with Gasteiger partial charge >= 0.3 is 0 Å². The highest BCUT2D eigenvalue weighted by atomic mass is 16.3. The van der Waals surface area contributed by atoms with Gasteiger partial charge in [-0.05, 0) is 68.0 Å². The van der Waals surface area contributed by atoms with Crippen LogP contribution in [0.2, 0.25) is 0 Å². The van der Waals surface area contributed by atoms with Gasteiger partial charge in [-0.25, -0.2) is 4.98 Å². The van der Waals surface area contributed by atoms with Crippen LogP contribution >= 0.6 is 0 Å². The summed E-state index contributed by atoms with van der Waals surface area (Å²) in [6, 6.07) is 12.1. The largest absolute Gasteiger partial charge is 0.397 e. The number of benzene rings is 2. The molecule has 1 atom stereocenters. The Balaban J connectivity index is 1.52. The van der Waals surface area contributed by atoms with Crippen molar-refractivity contribution in [2.45, 2.75) is 82.4 Å². The number of imidazole rings is 1. The first-order valence-electron chi connectivity index (χ1n) is 12.5. The molecule has 2 aromatic carbocycles. The summed E-state index contributed by atoms with van der Waals surface area (Å²) >= 11 is 0. The van der Waals surface area contributed by atoms with Gasteiger partial charge in [0.05, 0.1) is 22.4 Å². The predicted octanol–water partition coefficient (Wildman–Crippen LogP) is 4.89. The molecule has 0 saturated heterocycles. The van der Waals surface area contributed by atoms with Crippen molar-refractivity contribution in [2.75, 3.05) is 16.8 Å². The number of aromatic nitrogens is 2. The minimum absolute atomic E-state index is 0.0494. The molecule has 1 unspecified atom stereocenters. The van der Waals surface area contributed by atoms with E-state index in [1.807, 2.05) is 30.3 Å². The smallest absolute Gasteiger partial charge is 0.201 e. The number of carbonyl (C=O) groups excluding carboxylic acids is 1. The second-order valence-corrected chi connectivity index (χ2v) is 10.1. The number of hydrogen-bond donors (Lipinski definition) is 4. The van der Waals surface area contributed by atoms with Crippen molar-refractivity contribution in [2.24, 2.45) is 0 Å². The minimum Gasteiger partial charge on any atom is -0.397 e. The van der Waals surface area contributed by atoms with Crippen LogP contribution in [0.3, 0.4) is 0 Å². The Bertz CT molecular complexity index is 1210. The van der Waals surface area contributed by atoms with Crippen molar-refractivity contribution in [3.05, 3.63) is 47.5 Å². The highest BCUT2D eigenvalue weighted by Crippen LogP contribution is 2.39. The van der Waals surface area contributed by atoms with E-state index in [1.54, 1.807) is 6.07 Å². The first-order chi connectivity index (χ1) is 16.3. The second-order valence-electron chi connectivity index (χ2n) is 10.1. The van der Waals surface area contributed by atoms with E-state index in [2.05, 4.69) is 14.9 Å². The summed E-state index contributed by atoms with van der Waals surface area (Å²) in [5.74, 6) is 0.395. The molecule has 2 aliphatic rings. The van der Waals surface area contributed by atoms with Crippen molar-refractivity contribution >= 4 is 34.1 Å². The molecule has 0 bridgehead atoms. The van der Waals surface area contributed by atoms with Crippen LogP contribution in [0.4, 0.5) is 17.3 Å². The number of nitrogens with two attached hydrogens (primary N) is 2. The zero-order valence-corrected chi connectivity index (χ0v) is 19.9. The third-order valence-electron chi connectivity index (χ3n) is 7.63. The van der Waals surface area contributed by atoms with Crippen molar-refractivity contribution in [3.63, 3.8) is 0 Å². The van der Waals surface area contributed by atoms with Gasteiger partial charge in [0.15, 0.2) is 0 Å². The fourth-order valence-corrected chi connectivity index (χ4v) is 5.89. The molecular formula is C27H35N5O2. The van der Waals surface area contributed by atoms with Crippen molar-refractivity contribution in [1.82, 2.24) is 9.55 Å². The van der Waals surface area contributed by atoms with Gasteiger partial charge in [0.2, 0.25) is 5.95 Å². The third kappa shape index (κ3) is 4.13. The number of carbonyl (C=O) groups is 1. The fraction of sp³-hybridized carbons (Fsp3) is 0.481. The molecule has 2 aliphatic carbocycles. The van der Waals surface area contributed by atoms with Gasteiger partial charge in [0.1, 0.15) is 11.4 Å². The van der Waals surface area contributed by atoms with E-state index in [-0.39, 0.29) is 12.2 Å². The molecule has 3 aromatic rings. The maximum absolute atomic E-state index is 12.2. The average Bonchev–Trinajstić information content (AvgIpc) is 3.54. The topological polar surface area (TPSA) is 119 Å². The zero-order chi connectivity index (χ0) is 23.9. The molecule has 1 heterocycles. The minimum atomic E-state index is -1.51. The molecule has 0 amide bonds. The van der Waals surface area contributed by atoms with E-state index in [9.17, 15) is 9.90 Å². The maximum Gasteiger partial charge on any atom is 0.201 e. The number of nitrogen functional groups attached to an aromatic ring is 2. The summed E-state index contributed by atoms with van der Waals surface area (Å²) in [7, 11) is 0. The molecular weight excluding hydrogens is 426 g/mol. The summed E-state index contributed by atoms with van der Waals surface area (Å²) < 4.78 is 2.12. The van der Waals surface area contributed by atoms with Crippen LogP contribution in [0.1, 0.15) is 81.9 Å². The Kier molecular flexibility index (Phi) is 5.98. The molecule has 34 heavy (non-hydrogen) atoms. The molecule has 0 radical (unpaired) electrons. The fourth-order valence-electron chi connectivity index (χ4n) is 5.89. The van der Waals surface area contributed by atoms with E-state index in [1.165, 1.54) is 32.6 Å². The summed E-state index contributed by atoms with van der Waals surface area (Å²) in [6.45, 7) is 1.50. The summed E-state index contributed by atoms with van der Waals surface area (Å²) in [4.78, 5) is 16.8. The lowest BCUT2D eigenvalue weighted by Crippen LogP contribution is -2.30. The van der Waals surface area contributed by atoms with Gasteiger partial charge in [-0.2, -0.15) is 0 Å². The van der Waals surface area contributed by atoms with Gasteiger partial charge in [-0.3, -0.25) is 4.79 Å². The lowest BCUT2D eigenvalue weighted by molar-refractivity contribution is -0.120. The summed E-state index contributed by atoms with van der Waals surface area (Å²) in [5, 5.41) is 15.4. The summed E-state index contributed by atoms with van der Waals surface area (Å²) in [6.07, 6.45) is 9.32. The van der Waals surface area contributed by atoms with E-state index >= 15 is 0 Å². The Morgan fingerprint density at radius 2 is 1.71 bits per heavy atom. The summed E-state index contributed by atoms with van der Waals surface area (Å²) in [5.41, 5.74) is 15.5. The van der Waals surface area contributed by atoms with Crippen LogP contribution in [0.25, 0.3) is 11.0 Å². The first-order valence-corrected chi connectivity index (χ1v) is 12.5. The molecule has 0 aliphatic heterocycles. The number of anilines is 3. The first kappa shape index (κ1) is 22.7. The monoisotopic (exact) mass is 461 g/mol. The predicted molar refractivity (Wildman–Crippen MR) is 137 cm³/mol.